The van der Waals surface area contributed by atoms with Crippen LogP contribution >= 0.6 is 11.3 Å². The summed E-state index contributed by atoms with van der Waals surface area (Å²) in [6, 6.07) is 8.05. The summed E-state index contributed by atoms with van der Waals surface area (Å²) in [5.74, 6) is 0.138. The van der Waals surface area contributed by atoms with Crippen LogP contribution in [-0.2, 0) is 6.54 Å². The summed E-state index contributed by atoms with van der Waals surface area (Å²) in [6.45, 7) is 5.08. The summed E-state index contributed by atoms with van der Waals surface area (Å²) < 4.78 is 0. The number of piperidine rings is 1. The number of pyridine rings is 1. The van der Waals surface area contributed by atoms with Crippen LogP contribution in [0.2, 0.25) is 0 Å². The quantitative estimate of drug-likeness (QED) is 0.860. The van der Waals surface area contributed by atoms with Gasteiger partial charge in [0, 0.05) is 48.9 Å². The van der Waals surface area contributed by atoms with Crippen molar-refractivity contribution in [2.75, 3.05) is 26.2 Å². The van der Waals surface area contributed by atoms with E-state index in [0.29, 0.717) is 5.56 Å². The van der Waals surface area contributed by atoms with E-state index >= 15 is 0 Å². The van der Waals surface area contributed by atoms with Gasteiger partial charge in [0.15, 0.2) is 0 Å². The van der Waals surface area contributed by atoms with Gasteiger partial charge in [0.2, 0.25) is 0 Å². The van der Waals surface area contributed by atoms with Crippen LogP contribution in [-0.4, -0.2) is 46.9 Å². The van der Waals surface area contributed by atoms with Crippen molar-refractivity contribution in [1.29, 1.82) is 0 Å². The van der Waals surface area contributed by atoms with Crippen LogP contribution in [0, 0.1) is 5.41 Å². The molecule has 0 radical (unpaired) electrons. The fraction of sp³-hybridized carbons (Fsp3) is 0.474. The summed E-state index contributed by atoms with van der Waals surface area (Å²) >= 11 is 1.83. The predicted molar refractivity (Wildman–Crippen MR) is 96.0 cm³/mol. The highest BCUT2D eigenvalue weighted by molar-refractivity contribution is 7.09. The highest BCUT2D eigenvalue weighted by Crippen LogP contribution is 2.40. The topological polar surface area (TPSA) is 36.4 Å². The maximum atomic E-state index is 12.8. The second-order valence-electron chi connectivity index (χ2n) is 7.11. The largest absolute Gasteiger partial charge is 0.338 e. The van der Waals surface area contributed by atoms with E-state index in [-0.39, 0.29) is 11.3 Å². The highest BCUT2D eigenvalue weighted by atomic mass is 32.1. The number of hydrogen-bond acceptors (Lipinski definition) is 4. The normalized spacial score (nSPS) is 24.6. The Morgan fingerprint density at radius 1 is 1.21 bits per heavy atom. The van der Waals surface area contributed by atoms with E-state index in [2.05, 4.69) is 32.3 Å². The number of hydrogen-bond donors (Lipinski definition) is 0. The molecule has 0 unspecified atom stereocenters. The number of carbonyl (C=O) groups excluding carboxylic acids is 1. The fourth-order valence-electron chi connectivity index (χ4n) is 4.17. The third-order valence-electron chi connectivity index (χ3n) is 5.33. The third-order valence-corrected chi connectivity index (χ3v) is 6.20. The maximum absolute atomic E-state index is 12.8. The molecule has 0 aromatic carbocycles. The Balaban J connectivity index is 1.42. The minimum Gasteiger partial charge on any atom is -0.338 e. The molecule has 2 aromatic rings. The summed E-state index contributed by atoms with van der Waals surface area (Å²) in [7, 11) is 0. The van der Waals surface area contributed by atoms with Crippen molar-refractivity contribution in [3.63, 3.8) is 0 Å². The molecule has 0 aliphatic carbocycles. The van der Waals surface area contributed by atoms with E-state index in [0.717, 1.165) is 39.1 Å². The summed E-state index contributed by atoms with van der Waals surface area (Å²) in [4.78, 5) is 22.9. The first kappa shape index (κ1) is 15.8. The van der Waals surface area contributed by atoms with Crippen molar-refractivity contribution in [3.05, 3.63) is 52.5 Å². The highest BCUT2D eigenvalue weighted by Gasteiger charge is 2.42. The molecule has 2 aliphatic rings. The van der Waals surface area contributed by atoms with Gasteiger partial charge in [-0.15, -0.1) is 11.3 Å². The lowest BCUT2D eigenvalue weighted by Gasteiger charge is -2.40. The second-order valence-corrected chi connectivity index (χ2v) is 8.14. The Morgan fingerprint density at radius 3 is 2.96 bits per heavy atom. The van der Waals surface area contributed by atoms with E-state index in [4.69, 9.17) is 0 Å². The SMILES string of the molecule is O=C(c1cccnc1)N1CCC[C@@]2(CCN(Cc3cccs3)C2)C1. The van der Waals surface area contributed by atoms with Crippen LogP contribution < -0.4 is 0 Å². The molecule has 2 saturated heterocycles. The molecule has 0 bridgehead atoms. The van der Waals surface area contributed by atoms with Gasteiger partial charge in [-0.25, -0.2) is 0 Å². The van der Waals surface area contributed by atoms with E-state index in [9.17, 15) is 4.79 Å². The molecule has 4 nitrogen and oxygen atoms in total. The molecule has 2 aliphatic heterocycles. The number of carbonyl (C=O) groups is 1. The molecule has 1 atom stereocenters. The molecule has 2 fully saturated rings. The number of rotatable bonds is 3. The van der Waals surface area contributed by atoms with Gasteiger partial charge in [0.25, 0.3) is 5.91 Å². The third kappa shape index (κ3) is 3.23. The lowest BCUT2D eigenvalue weighted by Crippen LogP contribution is -2.47. The van der Waals surface area contributed by atoms with Crippen LogP contribution in [0.3, 0.4) is 0 Å². The number of thiophene rings is 1. The average molecular weight is 341 g/mol. The summed E-state index contributed by atoms with van der Waals surface area (Å²) in [5, 5.41) is 2.15. The lowest BCUT2D eigenvalue weighted by molar-refractivity contribution is 0.0526. The van der Waals surface area contributed by atoms with Crippen molar-refractivity contribution in [1.82, 2.24) is 14.8 Å². The molecule has 5 heteroatoms. The van der Waals surface area contributed by atoms with Gasteiger partial charge < -0.3 is 4.90 Å². The van der Waals surface area contributed by atoms with Crippen molar-refractivity contribution >= 4 is 17.2 Å². The molecule has 4 heterocycles. The standard InChI is InChI=1S/C19H23N3OS/c23-18(16-4-1-8-20-12-16)22-9-3-6-19(15-22)7-10-21(14-19)13-17-5-2-11-24-17/h1-2,4-5,8,11-12H,3,6-7,9-10,13-15H2/t19-/m0/s1. The zero-order chi connectivity index (χ0) is 16.4. The number of amides is 1. The van der Waals surface area contributed by atoms with Gasteiger partial charge >= 0.3 is 0 Å². The minimum atomic E-state index is 0.138. The van der Waals surface area contributed by atoms with Crippen LogP contribution in [0.4, 0.5) is 0 Å². The van der Waals surface area contributed by atoms with E-state index < -0.39 is 0 Å². The Hall–Kier alpha value is -1.72. The van der Waals surface area contributed by atoms with Crippen LogP contribution in [0.1, 0.15) is 34.5 Å². The van der Waals surface area contributed by atoms with E-state index in [1.54, 1.807) is 12.4 Å². The van der Waals surface area contributed by atoms with Crippen molar-refractivity contribution < 1.29 is 4.79 Å². The van der Waals surface area contributed by atoms with E-state index in [1.807, 2.05) is 23.5 Å². The number of likely N-dealkylation sites (tertiary alicyclic amines) is 2. The Morgan fingerprint density at radius 2 is 2.17 bits per heavy atom. The van der Waals surface area contributed by atoms with Gasteiger partial charge in [-0.1, -0.05) is 6.07 Å². The van der Waals surface area contributed by atoms with Gasteiger partial charge in [-0.2, -0.15) is 0 Å². The predicted octanol–water partition coefficient (Wildman–Crippen LogP) is 3.27. The summed E-state index contributed by atoms with van der Waals surface area (Å²) in [5.41, 5.74) is 0.996. The Kier molecular flexibility index (Phi) is 4.37. The zero-order valence-electron chi connectivity index (χ0n) is 13.9. The van der Waals surface area contributed by atoms with Gasteiger partial charge in [-0.05, 0) is 49.4 Å². The Bertz CT molecular complexity index is 688. The molecule has 4 rings (SSSR count). The van der Waals surface area contributed by atoms with Crippen molar-refractivity contribution in [2.24, 2.45) is 5.41 Å². The number of nitrogens with zero attached hydrogens (tertiary/aromatic N) is 3. The molecule has 0 N–H and O–H groups in total. The molecule has 1 spiro atoms. The van der Waals surface area contributed by atoms with Crippen molar-refractivity contribution in [2.45, 2.75) is 25.8 Å². The van der Waals surface area contributed by atoms with Gasteiger partial charge in [-0.3, -0.25) is 14.7 Å². The zero-order valence-corrected chi connectivity index (χ0v) is 14.7. The molecular formula is C19H23N3OS. The first-order chi connectivity index (χ1) is 11.7. The van der Waals surface area contributed by atoms with Crippen LogP contribution in [0.15, 0.2) is 42.0 Å². The smallest absolute Gasteiger partial charge is 0.255 e. The number of aromatic nitrogens is 1. The first-order valence-electron chi connectivity index (χ1n) is 8.68. The monoisotopic (exact) mass is 341 g/mol. The first-order valence-corrected chi connectivity index (χ1v) is 9.56. The molecule has 2 aromatic heterocycles. The minimum absolute atomic E-state index is 0.138. The second kappa shape index (κ2) is 6.65. The maximum Gasteiger partial charge on any atom is 0.255 e. The van der Waals surface area contributed by atoms with Crippen molar-refractivity contribution in [3.8, 4) is 0 Å². The lowest BCUT2D eigenvalue weighted by atomic mass is 9.79. The van der Waals surface area contributed by atoms with Gasteiger partial charge in [0.05, 0.1) is 5.56 Å². The average Bonchev–Trinajstić information content (AvgIpc) is 3.26. The molecule has 24 heavy (non-hydrogen) atoms. The van der Waals surface area contributed by atoms with E-state index in [1.165, 1.54) is 17.7 Å². The molecular weight excluding hydrogens is 318 g/mol. The molecule has 126 valence electrons. The van der Waals surface area contributed by atoms with Gasteiger partial charge in [0.1, 0.15) is 0 Å². The Labute approximate surface area is 147 Å². The van der Waals surface area contributed by atoms with Crippen LogP contribution in [0.25, 0.3) is 0 Å². The molecule has 1 amide bonds. The fourth-order valence-corrected chi connectivity index (χ4v) is 4.92. The summed E-state index contributed by atoms with van der Waals surface area (Å²) in [6.07, 6.45) is 6.95. The molecule has 0 saturated carbocycles. The van der Waals surface area contributed by atoms with Crippen LogP contribution in [0.5, 0.6) is 0 Å².